The molecule has 3 aromatic carbocycles. The fourth-order valence-corrected chi connectivity index (χ4v) is 7.04. The van der Waals surface area contributed by atoms with Gasteiger partial charge in [0.15, 0.2) is 11.6 Å². The number of nitrogens with zero attached hydrogens (tertiary/aromatic N) is 5. The summed E-state index contributed by atoms with van der Waals surface area (Å²) >= 11 is 7.16. The van der Waals surface area contributed by atoms with E-state index >= 15 is 0 Å². The molecule has 9 nitrogen and oxygen atoms in total. The minimum Gasteiger partial charge on any atom is -0.366 e. The predicted octanol–water partition coefficient (Wildman–Crippen LogP) is 13.2. The van der Waals surface area contributed by atoms with Crippen LogP contribution in [-0.4, -0.2) is 36.7 Å². The molecule has 7 aromatic rings. The minimum absolute atomic E-state index is 0.0109. The SMILES string of the molecule is CC.NC(=O)/C(=C/c1ccnc(-c2cc(C(F)(F)F)cc(C(F)(F)F)c2)n1)c1ccc(-c2cccnc2)cc1.NC(=O)/C(=C/c1ccnc(-c2cc(C(F)(F)F)cc(C(F)(F)F)c2)n1)c1ccsc1Cl. The fourth-order valence-electron chi connectivity index (χ4n) is 6.09. The van der Waals surface area contributed by atoms with E-state index in [4.69, 9.17) is 23.1 Å². The molecule has 0 aliphatic carbocycles. The van der Waals surface area contributed by atoms with E-state index in [2.05, 4.69) is 24.9 Å². The number of thiophene rings is 1. The molecule has 2 amide bonds. The van der Waals surface area contributed by atoms with Gasteiger partial charge in [0.1, 0.15) is 4.34 Å². The molecule has 4 aromatic heterocycles. The van der Waals surface area contributed by atoms with Crippen molar-refractivity contribution in [1.29, 1.82) is 0 Å². The second-order valence-corrected chi connectivity index (χ2v) is 15.5. The summed E-state index contributed by atoms with van der Waals surface area (Å²) < 4.78 is 158. The summed E-state index contributed by atoms with van der Waals surface area (Å²) in [7, 11) is 0. The topological polar surface area (TPSA) is 151 Å². The van der Waals surface area contributed by atoms with Crippen molar-refractivity contribution in [3.05, 3.63) is 170 Å². The largest absolute Gasteiger partial charge is 0.416 e. The number of nitrogens with two attached hydrogens (primary N) is 2. The Bertz CT molecular complexity index is 2980. The molecular weight excluding hydrogens is 990 g/mol. The van der Waals surface area contributed by atoms with Crippen molar-refractivity contribution in [2.24, 2.45) is 11.5 Å². The van der Waals surface area contributed by atoms with Gasteiger partial charge in [-0.05, 0) is 94.9 Å². The van der Waals surface area contributed by atoms with E-state index in [0.717, 1.165) is 34.9 Å². The molecule has 0 aliphatic rings. The Hall–Kier alpha value is -7.46. The van der Waals surface area contributed by atoms with Crippen LogP contribution in [0.5, 0.6) is 0 Å². The molecule has 0 unspecified atom stereocenters. The molecule has 7 rings (SSSR count). The van der Waals surface area contributed by atoms with Crippen LogP contribution in [0.15, 0.2) is 121 Å². The number of pyridine rings is 1. The highest BCUT2D eigenvalue weighted by Crippen LogP contribution is 2.40. The molecule has 0 saturated carbocycles. The van der Waals surface area contributed by atoms with Gasteiger partial charge >= 0.3 is 24.7 Å². The summed E-state index contributed by atoms with van der Waals surface area (Å²) in [5, 5.41) is 1.61. The number of hydrogen-bond donors (Lipinski definition) is 2. The molecule has 0 saturated heterocycles. The lowest BCUT2D eigenvalue weighted by Crippen LogP contribution is -2.13. The molecule has 0 spiro atoms. The van der Waals surface area contributed by atoms with Crippen LogP contribution in [0.4, 0.5) is 52.7 Å². The van der Waals surface area contributed by atoms with Gasteiger partial charge in [-0.25, -0.2) is 19.9 Å². The Balaban J connectivity index is 0.000000256. The van der Waals surface area contributed by atoms with Gasteiger partial charge < -0.3 is 11.5 Å². The molecule has 0 aliphatic heterocycles. The van der Waals surface area contributed by atoms with Crippen LogP contribution in [-0.2, 0) is 34.3 Å². The summed E-state index contributed by atoms with van der Waals surface area (Å²) in [6.45, 7) is 4.00. The summed E-state index contributed by atoms with van der Waals surface area (Å²) in [5.74, 6) is -2.45. The standard InChI is InChI=1S/C26H16F6N4O.C19H10ClF6N3OS.C2H6/c27-25(28,29)19-10-18(11-20(12-19)26(30,31)32)24-35-9-7-21(36-24)13-22(23(33)37)16-5-3-15(4-6-16)17-2-1-8-34-14-17;20-15-13(2-4-31-15)14(16(27)30)8-12-1-3-28-17(29-12)9-5-10(18(21,22)23)7-11(6-9)19(24,25)26;1-2/h1-14H,(H2,33,37);1-8H,(H2,27,30);1-2H3/b22-13+;14-8+;. The molecule has 70 heavy (non-hydrogen) atoms. The van der Waals surface area contributed by atoms with Crippen molar-refractivity contribution < 1.29 is 62.3 Å². The van der Waals surface area contributed by atoms with E-state index in [9.17, 15) is 62.3 Å². The fraction of sp³-hybridized carbons (Fsp3) is 0.128. The van der Waals surface area contributed by atoms with E-state index < -0.39 is 75.7 Å². The molecule has 0 atom stereocenters. The first-order valence-corrected chi connectivity index (χ1v) is 21.1. The van der Waals surface area contributed by atoms with Crippen LogP contribution in [0.2, 0.25) is 4.34 Å². The van der Waals surface area contributed by atoms with Gasteiger partial charge in [0, 0.05) is 47.1 Å². The highest BCUT2D eigenvalue weighted by Gasteiger charge is 2.38. The maximum Gasteiger partial charge on any atom is 0.416 e. The molecular formula is C47H32ClF12N7O2S. The Morgan fingerprint density at radius 1 is 0.543 bits per heavy atom. The second kappa shape index (κ2) is 21.9. The Labute approximate surface area is 398 Å². The number of benzene rings is 3. The van der Waals surface area contributed by atoms with Crippen LogP contribution in [0, 0.1) is 0 Å². The molecule has 364 valence electrons. The molecule has 23 heteroatoms. The lowest BCUT2D eigenvalue weighted by molar-refractivity contribution is -0.144. The smallest absolute Gasteiger partial charge is 0.366 e. The van der Waals surface area contributed by atoms with Gasteiger partial charge in [0.2, 0.25) is 11.8 Å². The van der Waals surface area contributed by atoms with Crippen molar-refractivity contribution >= 4 is 58.1 Å². The van der Waals surface area contributed by atoms with Crippen LogP contribution < -0.4 is 11.5 Å². The lowest BCUT2D eigenvalue weighted by Gasteiger charge is -2.14. The molecule has 4 N–H and O–H groups in total. The van der Waals surface area contributed by atoms with E-state index in [-0.39, 0.29) is 44.8 Å². The lowest BCUT2D eigenvalue weighted by atomic mass is 10.00. The van der Waals surface area contributed by atoms with Crippen molar-refractivity contribution in [2.75, 3.05) is 0 Å². The quantitative estimate of drug-likeness (QED) is 0.108. The highest BCUT2D eigenvalue weighted by molar-refractivity contribution is 7.14. The number of amides is 2. The first kappa shape index (κ1) is 53.5. The van der Waals surface area contributed by atoms with Gasteiger partial charge in [-0.2, -0.15) is 52.7 Å². The number of hydrogen-bond acceptors (Lipinski definition) is 8. The summed E-state index contributed by atoms with van der Waals surface area (Å²) in [6.07, 6.45) is -12.0. The summed E-state index contributed by atoms with van der Waals surface area (Å²) in [5.41, 5.74) is 6.47. The third-order valence-corrected chi connectivity index (χ3v) is 10.4. The van der Waals surface area contributed by atoms with E-state index in [1.807, 2.05) is 19.9 Å². The molecule has 0 radical (unpaired) electrons. The third kappa shape index (κ3) is 13.8. The van der Waals surface area contributed by atoms with Crippen LogP contribution in [0.3, 0.4) is 0 Å². The van der Waals surface area contributed by atoms with Gasteiger partial charge in [0.05, 0.1) is 39.2 Å². The van der Waals surface area contributed by atoms with Crippen molar-refractivity contribution in [1.82, 2.24) is 24.9 Å². The zero-order valence-corrected chi connectivity index (χ0v) is 37.3. The Morgan fingerprint density at radius 3 is 1.33 bits per heavy atom. The highest BCUT2D eigenvalue weighted by atomic mass is 35.5. The number of primary amides is 2. The number of aromatic nitrogens is 5. The van der Waals surface area contributed by atoms with Gasteiger partial charge in [-0.1, -0.05) is 55.8 Å². The first-order chi connectivity index (χ1) is 32.8. The number of halogens is 13. The van der Waals surface area contributed by atoms with E-state index in [1.165, 1.54) is 30.4 Å². The van der Waals surface area contributed by atoms with Gasteiger partial charge in [-0.15, -0.1) is 11.3 Å². The average Bonchev–Trinajstić information content (AvgIpc) is 3.74. The number of rotatable bonds is 9. The number of carbonyl (C=O) groups excluding carboxylic acids is 2. The third-order valence-electron chi connectivity index (χ3n) is 9.26. The summed E-state index contributed by atoms with van der Waals surface area (Å²) in [4.78, 5) is 43.7. The van der Waals surface area contributed by atoms with Crippen molar-refractivity contribution in [3.8, 4) is 33.9 Å². The summed E-state index contributed by atoms with van der Waals surface area (Å²) in [6, 6.07) is 16.7. The van der Waals surface area contributed by atoms with Crippen molar-refractivity contribution in [2.45, 2.75) is 38.6 Å². The molecule has 0 bridgehead atoms. The zero-order valence-electron chi connectivity index (χ0n) is 35.7. The van der Waals surface area contributed by atoms with Gasteiger partial charge in [-0.3, -0.25) is 14.6 Å². The van der Waals surface area contributed by atoms with Gasteiger partial charge in [0.25, 0.3) is 0 Å². The Kier molecular flexibility index (Phi) is 16.7. The normalized spacial score (nSPS) is 12.3. The van der Waals surface area contributed by atoms with Crippen LogP contribution >= 0.6 is 22.9 Å². The number of carbonyl (C=O) groups is 2. The maximum absolute atomic E-state index is 13.2. The predicted molar refractivity (Wildman–Crippen MR) is 239 cm³/mol. The Morgan fingerprint density at radius 2 is 0.971 bits per heavy atom. The van der Waals surface area contributed by atoms with Crippen LogP contribution in [0.1, 0.15) is 58.6 Å². The zero-order chi connectivity index (χ0) is 51.8. The molecule has 4 heterocycles. The molecule has 0 fully saturated rings. The van der Waals surface area contributed by atoms with Crippen LogP contribution in [0.25, 0.3) is 57.2 Å². The monoisotopic (exact) mass is 1020 g/mol. The first-order valence-electron chi connectivity index (χ1n) is 19.8. The van der Waals surface area contributed by atoms with E-state index in [0.29, 0.717) is 35.4 Å². The van der Waals surface area contributed by atoms with Crippen molar-refractivity contribution in [3.63, 3.8) is 0 Å². The van der Waals surface area contributed by atoms with E-state index in [1.54, 1.807) is 48.1 Å². The minimum atomic E-state index is -5.02. The maximum atomic E-state index is 13.2. The average molecular weight is 1020 g/mol. The number of alkyl halides is 12. The second-order valence-electron chi connectivity index (χ2n) is 14.0.